The summed E-state index contributed by atoms with van der Waals surface area (Å²) in [5.74, 6) is 0. The summed E-state index contributed by atoms with van der Waals surface area (Å²) in [6.07, 6.45) is 0.561. The molecule has 27 heavy (non-hydrogen) atoms. The first-order valence-electron chi connectivity index (χ1n) is 9.74. The fraction of sp³-hybridized carbons (Fsp3) is 0.455. The number of benzene rings is 2. The van der Waals surface area contributed by atoms with Crippen molar-refractivity contribution in [2.75, 3.05) is 28.0 Å². The van der Waals surface area contributed by atoms with E-state index in [9.17, 15) is 0 Å². The normalized spacial score (nSPS) is 20.0. The Bertz CT molecular complexity index is 693. The SMILES string of the molecule is CC1CN(c2ccc(NCc3ccc(NSC(C)C)cc3)cc2)CC(C)O1. The van der Waals surface area contributed by atoms with Crippen LogP contribution in [0.3, 0.4) is 0 Å². The fourth-order valence-corrected chi connectivity index (χ4v) is 3.77. The van der Waals surface area contributed by atoms with Gasteiger partial charge in [0.25, 0.3) is 0 Å². The molecule has 1 saturated heterocycles. The van der Waals surface area contributed by atoms with Crippen LogP contribution in [-0.2, 0) is 11.3 Å². The molecule has 0 aromatic heterocycles. The summed E-state index contributed by atoms with van der Waals surface area (Å²) in [4.78, 5) is 2.41. The number of nitrogens with one attached hydrogen (secondary N) is 2. The second-order valence-electron chi connectivity index (χ2n) is 7.53. The van der Waals surface area contributed by atoms with Gasteiger partial charge in [0, 0.05) is 41.9 Å². The Morgan fingerprint density at radius 2 is 1.56 bits per heavy atom. The fourth-order valence-electron chi connectivity index (χ4n) is 3.26. The number of ether oxygens (including phenoxy) is 1. The van der Waals surface area contributed by atoms with E-state index in [1.54, 1.807) is 11.9 Å². The van der Waals surface area contributed by atoms with Crippen molar-refractivity contribution in [1.29, 1.82) is 0 Å². The number of hydrogen-bond acceptors (Lipinski definition) is 5. The summed E-state index contributed by atoms with van der Waals surface area (Å²) in [5.41, 5.74) is 4.83. The third kappa shape index (κ3) is 6.08. The third-order valence-electron chi connectivity index (χ3n) is 4.52. The predicted octanol–water partition coefficient (Wildman–Crippen LogP) is 5.38. The van der Waals surface area contributed by atoms with Crippen LogP contribution in [-0.4, -0.2) is 30.5 Å². The van der Waals surface area contributed by atoms with Gasteiger partial charge < -0.3 is 19.7 Å². The molecule has 0 bridgehead atoms. The Morgan fingerprint density at radius 3 is 2.15 bits per heavy atom. The summed E-state index contributed by atoms with van der Waals surface area (Å²) < 4.78 is 9.20. The summed E-state index contributed by atoms with van der Waals surface area (Å²) >= 11 is 1.74. The van der Waals surface area contributed by atoms with Gasteiger partial charge in [-0.05, 0) is 67.8 Å². The largest absolute Gasteiger partial charge is 0.381 e. The molecular weight excluding hydrogens is 354 g/mol. The van der Waals surface area contributed by atoms with E-state index in [4.69, 9.17) is 4.74 Å². The zero-order valence-corrected chi connectivity index (χ0v) is 17.6. The lowest BCUT2D eigenvalue weighted by atomic mass is 10.1. The molecule has 2 aromatic rings. The van der Waals surface area contributed by atoms with Crippen molar-refractivity contribution in [1.82, 2.24) is 0 Å². The molecule has 0 radical (unpaired) electrons. The molecular formula is C22H31N3OS. The summed E-state index contributed by atoms with van der Waals surface area (Å²) in [5, 5.41) is 4.08. The van der Waals surface area contributed by atoms with Crippen molar-refractivity contribution in [3.8, 4) is 0 Å². The van der Waals surface area contributed by atoms with E-state index in [0.717, 1.165) is 31.0 Å². The minimum absolute atomic E-state index is 0.281. The highest BCUT2D eigenvalue weighted by Crippen LogP contribution is 2.23. The van der Waals surface area contributed by atoms with E-state index in [0.29, 0.717) is 5.25 Å². The molecule has 0 saturated carbocycles. The maximum Gasteiger partial charge on any atom is 0.0726 e. The van der Waals surface area contributed by atoms with Crippen LogP contribution in [0, 0.1) is 0 Å². The van der Waals surface area contributed by atoms with Crippen LogP contribution in [0.15, 0.2) is 48.5 Å². The smallest absolute Gasteiger partial charge is 0.0726 e. The van der Waals surface area contributed by atoms with Crippen molar-refractivity contribution in [3.63, 3.8) is 0 Å². The maximum atomic E-state index is 5.82. The Hall–Kier alpha value is -1.85. The second-order valence-corrected chi connectivity index (χ2v) is 8.91. The second kappa shape index (κ2) is 9.38. The van der Waals surface area contributed by atoms with E-state index in [-0.39, 0.29) is 12.2 Å². The number of anilines is 3. The van der Waals surface area contributed by atoms with Gasteiger partial charge in [-0.25, -0.2) is 0 Å². The van der Waals surface area contributed by atoms with E-state index < -0.39 is 0 Å². The first-order valence-corrected chi connectivity index (χ1v) is 10.6. The summed E-state index contributed by atoms with van der Waals surface area (Å²) in [7, 11) is 0. The Balaban J connectivity index is 1.51. The molecule has 0 aliphatic carbocycles. The zero-order chi connectivity index (χ0) is 19.2. The molecule has 5 heteroatoms. The zero-order valence-electron chi connectivity index (χ0n) is 16.7. The Morgan fingerprint density at radius 1 is 0.963 bits per heavy atom. The predicted molar refractivity (Wildman–Crippen MR) is 119 cm³/mol. The van der Waals surface area contributed by atoms with Gasteiger partial charge in [0.05, 0.1) is 12.2 Å². The van der Waals surface area contributed by atoms with Crippen LogP contribution in [0.1, 0.15) is 33.3 Å². The van der Waals surface area contributed by atoms with Gasteiger partial charge in [-0.15, -0.1) is 0 Å². The molecule has 1 aliphatic heterocycles. The van der Waals surface area contributed by atoms with Gasteiger partial charge in [-0.2, -0.15) is 0 Å². The highest BCUT2D eigenvalue weighted by molar-refractivity contribution is 8.01. The molecule has 4 nitrogen and oxygen atoms in total. The monoisotopic (exact) mass is 385 g/mol. The summed E-state index contributed by atoms with van der Waals surface area (Å²) in [6, 6.07) is 17.3. The lowest BCUT2D eigenvalue weighted by Crippen LogP contribution is -2.45. The molecule has 1 aliphatic rings. The summed E-state index contributed by atoms with van der Waals surface area (Å²) in [6.45, 7) is 11.4. The molecule has 2 aromatic carbocycles. The third-order valence-corrected chi connectivity index (χ3v) is 5.34. The van der Waals surface area contributed by atoms with Gasteiger partial charge in [0.15, 0.2) is 0 Å². The van der Waals surface area contributed by atoms with Gasteiger partial charge in [-0.1, -0.05) is 26.0 Å². The molecule has 2 N–H and O–H groups in total. The van der Waals surface area contributed by atoms with E-state index >= 15 is 0 Å². The van der Waals surface area contributed by atoms with Gasteiger partial charge in [-0.3, -0.25) is 0 Å². The number of morpholine rings is 1. The minimum Gasteiger partial charge on any atom is -0.381 e. The number of rotatable bonds is 7. The first kappa shape index (κ1) is 19.9. The van der Waals surface area contributed by atoms with Crippen molar-refractivity contribution in [2.24, 2.45) is 0 Å². The molecule has 0 spiro atoms. The standard InChI is InChI=1S/C22H31N3OS/c1-16(2)27-24-21-7-5-19(6-8-21)13-23-20-9-11-22(12-10-20)25-14-17(3)26-18(4)15-25/h5-12,16-18,23-24H,13-15H2,1-4H3. The first-order chi connectivity index (χ1) is 13.0. The molecule has 0 amide bonds. The van der Waals surface area contributed by atoms with Crippen LogP contribution >= 0.6 is 11.9 Å². The van der Waals surface area contributed by atoms with Gasteiger partial charge in [0.2, 0.25) is 0 Å². The quantitative estimate of drug-likeness (QED) is 0.626. The van der Waals surface area contributed by atoms with Crippen molar-refractivity contribution in [2.45, 2.75) is 51.7 Å². The number of nitrogens with zero attached hydrogens (tertiary/aromatic N) is 1. The number of hydrogen-bond donors (Lipinski definition) is 2. The van der Waals surface area contributed by atoms with Gasteiger partial charge in [0.1, 0.15) is 0 Å². The van der Waals surface area contributed by atoms with Crippen LogP contribution in [0.4, 0.5) is 17.1 Å². The molecule has 2 unspecified atom stereocenters. The lowest BCUT2D eigenvalue weighted by molar-refractivity contribution is -0.00521. The molecule has 3 rings (SSSR count). The molecule has 2 atom stereocenters. The van der Waals surface area contributed by atoms with Crippen LogP contribution in [0.25, 0.3) is 0 Å². The highest BCUT2D eigenvalue weighted by atomic mass is 32.2. The van der Waals surface area contributed by atoms with E-state index in [1.807, 2.05) is 0 Å². The molecule has 146 valence electrons. The van der Waals surface area contributed by atoms with Crippen molar-refractivity contribution < 1.29 is 4.74 Å². The van der Waals surface area contributed by atoms with E-state index in [1.165, 1.54) is 11.3 Å². The topological polar surface area (TPSA) is 36.5 Å². The van der Waals surface area contributed by atoms with Crippen LogP contribution in [0.2, 0.25) is 0 Å². The van der Waals surface area contributed by atoms with E-state index in [2.05, 4.69) is 91.2 Å². The van der Waals surface area contributed by atoms with Gasteiger partial charge >= 0.3 is 0 Å². The maximum absolute atomic E-state index is 5.82. The molecule has 1 heterocycles. The average Bonchev–Trinajstić information content (AvgIpc) is 2.65. The molecule has 1 fully saturated rings. The van der Waals surface area contributed by atoms with Crippen molar-refractivity contribution >= 4 is 29.0 Å². The average molecular weight is 386 g/mol. The van der Waals surface area contributed by atoms with Crippen LogP contribution in [0.5, 0.6) is 0 Å². The lowest BCUT2D eigenvalue weighted by Gasteiger charge is -2.36. The Labute approximate surface area is 167 Å². The highest BCUT2D eigenvalue weighted by Gasteiger charge is 2.22. The Kier molecular flexibility index (Phi) is 6.91. The van der Waals surface area contributed by atoms with Crippen LogP contribution < -0.4 is 14.9 Å². The minimum atomic E-state index is 0.281. The van der Waals surface area contributed by atoms with Crippen molar-refractivity contribution in [3.05, 3.63) is 54.1 Å².